The molecule has 29 heavy (non-hydrogen) atoms. The van der Waals surface area contributed by atoms with Crippen LogP contribution in [0.15, 0.2) is 34.7 Å². The standard InChI is InChI=1S/C22H26N2O5/c1-13(2)19-12-18(14(3)29-19)20(25)23-17-6-4-15(5-7-17)21(26)24-10-8-16(9-11-24)22(27)28/h4-7,12-13,16H,8-11H2,1-3H3,(H,23,25)(H,27,28). The van der Waals surface area contributed by atoms with Gasteiger partial charge in [-0.15, -0.1) is 0 Å². The maximum atomic E-state index is 12.6. The number of rotatable bonds is 5. The molecule has 1 aromatic heterocycles. The fourth-order valence-electron chi connectivity index (χ4n) is 3.42. The summed E-state index contributed by atoms with van der Waals surface area (Å²) >= 11 is 0. The molecule has 1 aromatic carbocycles. The zero-order valence-corrected chi connectivity index (χ0v) is 16.9. The molecular weight excluding hydrogens is 372 g/mol. The van der Waals surface area contributed by atoms with Gasteiger partial charge >= 0.3 is 5.97 Å². The van der Waals surface area contributed by atoms with Crippen molar-refractivity contribution >= 4 is 23.5 Å². The molecule has 2 heterocycles. The van der Waals surface area contributed by atoms with Crippen LogP contribution in [-0.2, 0) is 4.79 Å². The van der Waals surface area contributed by atoms with Crippen LogP contribution in [0.1, 0.15) is 64.8 Å². The lowest BCUT2D eigenvalue weighted by molar-refractivity contribution is -0.143. The van der Waals surface area contributed by atoms with Gasteiger partial charge in [0.05, 0.1) is 11.5 Å². The largest absolute Gasteiger partial charge is 0.481 e. The van der Waals surface area contributed by atoms with Gasteiger partial charge in [-0.1, -0.05) is 13.8 Å². The van der Waals surface area contributed by atoms with Gasteiger partial charge in [0, 0.05) is 30.3 Å². The molecule has 7 nitrogen and oxygen atoms in total. The van der Waals surface area contributed by atoms with Gasteiger partial charge in [-0.05, 0) is 50.1 Å². The SMILES string of the molecule is Cc1oc(C(C)C)cc1C(=O)Nc1ccc(C(=O)N2CCC(C(=O)O)CC2)cc1. The summed E-state index contributed by atoms with van der Waals surface area (Å²) in [6.07, 6.45) is 0.940. The predicted octanol–water partition coefficient (Wildman–Crippen LogP) is 3.90. The topological polar surface area (TPSA) is 99.9 Å². The number of carboxylic acid groups (broad SMARTS) is 1. The molecule has 1 aliphatic rings. The third kappa shape index (κ3) is 4.67. The molecule has 1 aliphatic heterocycles. The number of carbonyl (C=O) groups excluding carboxylic acids is 2. The summed E-state index contributed by atoms with van der Waals surface area (Å²) in [4.78, 5) is 37.9. The Balaban J connectivity index is 1.62. The monoisotopic (exact) mass is 398 g/mol. The van der Waals surface area contributed by atoms with E-state index in [9.17, 15) is 14.4 Å². The first kappa shape index (κ1) is 20.6. The molecule has 1 fully saturated rings. The van der Waals surface area contributed by atoms with E-state index in [1.807, 2.05) is 13.8 Å². The van der Waals surface area contributed by atoms with Crippen LogP contribution >= 0.6 is 0 Å². The van der Waals surface area contributed by atoms with Crippen molar-refractivity contribution in [2.45, 2.75) is 39.5 Å². The van der Waals surface area contributed by atoms with Crippen LogP contribution in [0.2, 0.25) is 0 Å². The number of aryl methyl sites for hydroxylation is 1. The number of aliphatic carboxylic acids is 1. The number of carbonyl (C=O) groups is 3. The van der Waals surface area contributed by atoms with Crippen molar-refractivity contribution in [1.29, 1.82) is 0 Å². The Morgan fingerprint density at radius 2 is 1.76 bits per heavy atom. The number of anilines is 1. The minimum Gasteiger partial charge on any atom is -0.481 e. The van der Waals surface area contributed by atoms with Crippen molar-refractivity contribution in [3.63, 3.8) is 0 Å². The van der Waals surface area contributed by atoms with E-state index in [-0.39, 0.29) is 23.7 Å². The number of amides is 2. The normalized spacial score (nSPS) is 14.8. The average Bonchev–Trinajstić information content (AvgIpc) is 3.10. The molecule has 2 N–H and O–H groups in total. The minimum atomic E-state index is -0.800. The van der Waals surface area contributed by atoms with E-state index in [0.717, 1.165) is 5.76 Å². The highest BCUT2D eigenvalue weighted by atomic mass is 16.4. The van der Waals surface area contributed by atoms with Crippen LogP contribution in [0, 0.1) is 12.8 Å². The summed E-state index contributed by atoms with van der Waals surface area (Å²) in [6, 6.07) is 8.47. The molecule has 2 aromatic rings. The van der Waals surface area contributed by atoms with E-state index in [1.165, 1.54) is 0 Å². The van der Waals surface area contributed by atoms with Gasteiger partial charge < -0.3 is 19.7 Å². The van der Waals surface area contributed by atoms with E-state index in [2.05, 4.69) is 5.32 Å². The zero-order valence-electron chi connectivity index (χ0n) is 16.9. The number of nitrogens with zero attached hydrogens (tertiary/aromatic N) is 1. The van der Waals surface area contributed by atoms with E-state index in [0.29, 0.717) is 48.5 Å². The Bertz CT molecular complexity index is 906. The fraction of sp³-hybridized carbons (Fsp3) is 0.409. The lowest BCUT2D eigenvalue weighted by atomic mass is 9.96. The molecule has 0 aliphatic carbocycles. The predicted molar refractivity (Wildman–Crippen MR) is 108 cm³/mol. The number of piperidine rings is 1. The number of carboxylic acids is 1. The molecule has 1 saturated heterocycles. The van der Waals surface area contributed by atoms with Gasteiger partial charge in [0.15, 0.2) is 0 Å². The zero-order chi connectivity index (χ0) is 21.1. The van der Waals surface area contributed by atoms with Crippen LogP contribution in [0.25, 0.3) is 0 Å². The van der Waals surface area contributed by atoms with Crippen LogP contribution in [0.5, 0.6) is 0 Å². The van der Waals surface area contributed by atoms with Crippen molar-refractivity contribution in [2.24, 2.45) is 5.92 Å². The molecule has 0 radical (unpaired) electrons. The van der Waals surface area contributed by atoms with Gasteiger partial charge in [0.1, 0.15) is 11.5 Å². The van der Waals surface area contributed by atoms with Crippen LogP contribution in [-0.4, -0.2) is 40.9 Å². The van der Waals surface area contributed by atoms with E-state index in [4.69, 9.17) is 9.52 Å². The second kappa shape index (κ2) is 8.51. The molecule has 7 heteroatoms. The molecule has 0 spiro atoms. The summed E-state index contributed by atoms with van der Waals surface area (Å²) in [5, 5.41) is 11.9. The third-order valence-corrected chi connectivity index (χ3v) is 5.27. The summed E-state index contributed by atoms with van der Waals surface area (Å²) in [5.41, 5.74) is 1.59. The number of hydrogen-bond acceptors (Lipinski definition) is 4. The van der Waals surface area contributed by atoms with Gasteiger partial charge in [-0.25, -0.2) is 0 Å². The molecule has 3 rings (SSSR count). The van der Waals surface area contributed by atoms with Gasteiger partial charge in [0.25, 0.3) is 11.8 Å². The number of nitrogens with one attached hydrogen (secondary N) is 1. The number of hydrogen-bond donors (Lipinski definition) is 2. The quantitative estimate of drug-likeness (QED) is 0.796. The van der Waals surface area contributed by atoms with Gasteiger partial charge in [-0.2, -0.15) is 0 Å². The lowest BCUT2D eigenvalue weighted by Crippen LogP contribution is -2.40. The Kier molecular flexibility index (Phi) is 6.06. The summed E-state index contributed by atoms with van der Waals surface area (Å²) in [7, 11) is 0. The maximum absolute atomic E-state index is 12.6. The highest BCUT2D eigenvalue weighted by Gasteiger charge is 2.27. The molecule has 0 saturated carbocycles. The summed E-state index contributed by atoms with van der Waals surface area (Å²) in [5.74, 6) is -0.0270. The number of benzene rings is 1. The lowest BCUT2D eigenvalue weighted by Gasteiger charge is -2.30. The van der Waals surface area contributed by atoms with Crippen molar-refractivity contribution in [3.8, 4) is 0 Å². The maximum Gasteiger partial charge on any atom is 0.306 e. The Hall–Kier alpha value is -3.09. The first-order valence-electron chi connectivity index (χ1n) is 9.80. The van der Waals surface area contributed by atoms with E-state index in [1.54, 1.807) is 42.2 Å². The molecule has 0 atom stereocenters. The van der Waals surface area contributed by atoms with Crippen LogP contribution < -0.4 is 5.32 Å². The molecule has 2 amide bonds. The van der Waals surface area contributed by atoms with Crippen molar-refractivity contribution < 1.29 is 23.9 Å². The fourth-order valence-corrected chi connectivity index (χ4v) is 3.42. The van der Waals surface area contributed by atoms with Crippen molar-refractivity contribution in [3.05, 3.63) is 53.0 Å². The van der Waals surface area contributed by atoms with Crippen molar-refractivity contribution in [1.82, 2.24) is 4.90 Å². The second-order valence-electron chi connectivity index (χ2n) is 7.71. The van der Waals surface area contributed by atoms with Crippen molar-refractivity contribution in [2.75, 3.05) is 18.4 Å². The smallest absolute Gasteiger partial charge is 0.306 e. The van der Waals surface area contributed by atoms with E-state index < -0.39 is 5.97 Å². The number of likely N-dealkylation sites (tertiary alicyclic amines) is 1. The average molecular weight is 398 g/mol. The molecular formula is C22H26N2O5. The van der Waals surface area contributed by atoms with Gasteiger partial charge in [0.2, 0.25) is 0 Å². The number of furan rings is 1. The second-order valence-corrected chi connectivity index (χ2v) is 7.71. The first-order chi connectivity index (χ1) is 13.8. The van der Waals surface area contributed by atoms with E-state index >= 15 is 0 Å². The Labute approximate surface area is 169 Å². The van der Waals surface area contributed by atoms with Crippen LogP contribution in [0.4, 0.5) is 5.69 Å². The molecule has 154 valence electrons. The summed E-state index contributed by atoms with van der Waals surface area (Å²) < 4.78 is 5.63. The first-order valence-corrected chi connectivity index (χ1v) is 9.80. The van der Waals surface area contributed by atoms with Crippen LogP contribution in [0.3, 0.4) is 0 Å². The molecule has 0 bridgehead atoms. The highest BCUT2D eigenvalue weighted by Crippen LogP contribution is 2.23. The molecule has 0 unspecified atom stereocenters. The summed E-state index contributed by atoms with van der Waals surface area (Å²) in [6.45, 7) is 6.63. The third-order valence-electron chi connectivity index (χ3n) is 5.27. The minimum absolute atomic E-state index is 0.126. The Morgan fingerprint density at radius 1 is 1.14 bits per heavy atom. The van der Waals surface area contributed by atoms with Gasteiger partial charge in [-0.3, -0.25) is 14.4 Å². The highest BCUT2D eigenvalue weighted by molar-refractivity contribution is 6.05. The Morgan fingerprint density at radius 3 is 2.28 bits per heavy atom.